The zero-order valence-corrected chi connectivity index (χ0v) is 13.2. The molecule has 6 nitrogen and oxygen atoms in total. The van der Waals surface area contributed by atoms with E-state index in [9.17, 15) is 18.4 Å². The Kier molecular flexibility index (Phi) is 4.46. The fourth-order valence-electron chi connectivity index (χ4n) is 2.90. The second-order valence-corrected chi connectivity index (χ2v) is 6.10. The average molecular weight is 336 g/mol. The van der Waals surface area contributed by atoms with E-state index in [1.165, 1.54) is 27.7 Å². The second-order valence-electron chi connectivity index (χ2n) is 6.10. The van der Waals surface area contributed by atoms with Crippen LogP contribution in [0.5, 0.6) is 0 Å². The normalized spacial score (nSPS) is 19.8. The smallest absolute Gasteiger partial charge is 0.345 e. The van der Waals surface area contributed by atoms with Crippen molar-refractivity contribution >= 4 is 5.91 Å². The summed E-state index contributed by atoms with van der Waals surface area (Å²) in [7, 11) is 1.59. The number of hydrogen-bond donors (Lipinski definition) is 1. The largest absolute Gasteiger partial charge is 0.353 e. The molecule has 0 spiro atoms. The van der Waals surface area contributed by atoms with Crippen LogP contribution in [-0.2, 0) is 18.4 Å². The van der Waals surface area contributed by atoms with Crippen LogP contribution in [0.25, 0.3) is 0 Å². The van der Waals surface area contributed by atoms with E-state index in [1.54, 1.807) is 7.05 Å². The van der Waals surface area contributed by atoms with Crippen LogP contribution in [0.4, 0.5) is 8.78 Å². The topological polar surface area (TPSA) is 68.9 Å². The highest BCUT2D eigenvalue weighted by atomic mass is 19.1. The zero-order chi connectivity index (χ0) is 17.3. The van der Waals surface area contributed by atoms with Crippen molar-refractivity contribution in [3.63, 3.8) is 0 Å². The Bertz CT molecular complexity index is 809. The van der Waals surface area contributed by atoms with Crippen LogP contribution in [0.2, 0.25) is 0 Å². The van der Waals surface area contributed by atoms with Crippen LogP contribution in [0.1, 0.15) is 30.7 Å². The van der Waals surface area contributed by atoms with E-state index in [4.69, 9.17) is 0 Å². The van der Waals surface area contributed by atoms with Gasteiger partial charge in [0.1, 0.15) is 18.0 Å². The van der Waals surface area contributed by atoms with E-state index >= 15 is 0 Å². The third-order valence-corrected chi connectivity index (χ3v) is 4.34. The molecule has 8 heteroatoms. The minimum absolute atomic E-state index is 0.00527. The molecule has 1 amide bonds. The van der Waals surface area contributed by atoms with Gasteiger partial charge in [-0.2, -0.15) is 5.10 Å². The molecule has 128 valence electrons. The van der Waals surface area contributed by atoms with Gasteiger partial charge >= 0.3 is 5.69 Å². The minimum Gasteiger partial charge on any atom is -0.353 e. The molecule has 1 fully saturated rings. The van der Waals surface area contributed by atoms with Gasteiger partial charge in [-0.05, 0) is 30.4 Å². The third-order valence-electron chi connectivity index (χ3n) is 4.34. The highest BCUT2D eigenvalue weighted by Crippen LogP contribution is 2.38. The molecule has 0 saturated heterocycles. The molecule has 1 aliphatic carbocycles. The molecule has 1 aromatic heterocycles. The molecule has 1 aromatic carbocycles. The van der Waals surface area contributed by atoms with Crippen molar-refractivity contribution in [3.8, 4) is 0 Å². The van der Waals surface area contributed by atoms with Gasteiger partial charge in [0.15, 0.2) is 0 Å². The van der Waals surface area contributed by atoms with E-state index in [0.717, 1.165) is 6.07 Å². The first kappa shape index (κ1) is 16.4. The van der Waals surface area contributed by atoms with Crippen LogP contribution in [0.3, 0.4) is 0 Å². The van der Waals surface area contributed by atoms with Crippen molar-refractivity contribution in [2.24, 2.45) is 7.05 Å². The lowest BCUT2D eigenvalue weighted by atomic mass is 9.75. The van der Waals surface area contributed by atoms with Gasteiger partial charge < -0.3 is 5.32 Å². The monoisotopic (exact) mass is 336 g/mol. The molecule has 0 bridgehead atoms. The molecule has 3 rings (SSSR count). The summed E-state index contributed by atoms with van der Waals surface area (Å²) in [6.45, 7) is 0.217. The predicted molar refractivity (Wildman–Crippen MR) is 82.3 cm³/mol. The Morgan fingerprint density at radius 3 is 2.75 bits per heavy atom. The van der Waals surface area contributed by atoms with Crippen LogP contribution < -0.4 is 11.0 Å². The minimum atomic E-state index is -0.592. The third kappa shape index (κ3) is 3.37. The van der Waals surface area contributed by atoms with Crippen molar-refractivity contribution in [2.45, 2.75) is 37.8 Å². The number of hydrogen-bond acceptors (Lipinski definition) is 3. The Hall–Kier alpha value is -2.51. The lowest BCUT2D eigenvalue weighted by molar-refractivity contribution is -0.122. The number of benzene rings is 1. The lowest BCUT2D eigenvalue weighted by Crippen LogP contribution is -2.44. The Morgan fingerprint density at radius 1 is 1.38 bits per heavy atom. The Labute approximate surface area is 137 Å². The van der Waals surface area contributed by atoms with Gasteiger partial charge in [-0.1, -0.05) is 6.07 Å². The van der Waals surface area contributed by atoms with Gasteiger partial charge in [-0.3, -0.25) is 9.36 Å². The number of aryl methyl sites for hydroxylation is 2. The first-order valence-electron chi connectivity index (χ1n) is 7.77. The van der Waals surface area contributed by atoms with Crippen LogP contribution in [0, 0.1) is 11.6 Å². The molecule has 0 unspecified atom stereocenters. The summed E-state index contributed by atoms with van der Waals surface area (Å²) < 4.78 is 29.2. The second kappa shape index (κ2) is 6.54. The van der Waals surface area contributed by atoms with Crippen molar-refractivity contribution in [3.05, 3.63) is 52.2 Å². The van der Waals surface area contributed by atoms with Gasteiger partial charge in [0.25, 0.3) is 0 Å². The summed E-state index contributed by atoms with van der Waals surface area (Å²) in [5.41, 5.74) is 0.222. The standard InChI is InChI=1S/C16H18F2N4O2/c1-21-9-19-22(16(21)24)5-4-15(23)20-12-6-10(7-12)13-3-2-11(17)8-14(13)18/h2-3,8-10,12H,4-7H2,1H3,(H,20,23). The highest BCUT2D eigenvalue weighted by Gasteiger charge is 2.32. The molecule has 2 aromatic rings. The first-order chi connectivity index (χ1) is 11.4. The maximum absolute atomic E-state index is 13.7. The molecule has 1 aliphatic rings. The summed E-state index contributed by atoms with van der Waals surface area (Å²) in [5, 5.41) is 6.74. The molecule has 1 N–H and O–H groups in total. The number of carbonyl (C=O) groups excluding carboxylic acids is 1. The van der Waals surface area contributed by atoms with Crippen LogP contribution in [0.15, 0.2) is 29.3 Å². The van der Waals surface area contributed by atoms with Crippen LogP contribution in [-0.4, -0.2) is 26.3 Å². The summed E-state index contributed by atoms with van der Waals surface area (Å²) in [6, 6.07) is 3.56. The van der Waals surface area contributed by atoms with E-state index in [-0.39, 0.29) is 36.5 Å². The number of nitrogens with zero attached hydrogens (tertiary/aromatic N) is 3. The molecular weight excluding hydrogens is 318 g/mol. The van der Waals surface area contributed by atoms with Gasteiger partial charge in [0.2, 0.25) is 5.91 Å². The van der Waals surface area contributed by atoms with E-state index in [2.05, 4.69) is 10.4 Å². The van der Waals surface area contributed by atoms with Gasteiger partial charge in [-0.25, -0.2) is 18.3 Å². The van der Waals surface area contributed by atoms with Crippen molar-refractivity contribution in [2.75, 3.05) is 0 Å². The number of carbonyl (C=O) groups is 1. The predicted octanol–water partition coefficient (Wildman–Crippen LogP) is 1.31. The summed E-state index contributed by atoms with van der Waals surface area (Å²) in [5.74, 6) is -1.31. The maximum atomic E-state index is 13.7. The lowest BCUT2D eigenvalue weighted by Gasteiger charge is -2.36. The molecule has 24 heavy (non-hydrogen) atoms. The number of amides is 1. The molecule has 0 atom stereocenters. The van der Waals surface area contributed by atoms with Crippen molar-refractivity contribution in [1.29, 1.82) is 0 Å². The summed E-state index contributed by atoms with van der Waals surface area (Å²) in [4.78, 5) is 23.5. The number of nitrogens with one attached hydrogen (secondary N) is 1. The first-order valence-corrected chi connectivity index (χ1v) is 7.77. The average Bonchev–Trinajstić information content (AvgIpc) is 2.81. The van der Waals surface area contributed by atoms with Crippen LogP contribution >= 0.6 is 0 Å². The summed E-state index contributed by atoms with van der Waals surface area (Å²) in [6.07, 6.45) is 2.80. The Balaban J connectivity index is 1.46. The van der Waals surface area contributed by atoms with Gasteiger partial charge in [0, 0.05) is 25.6 Å². The quantitative estimate of drug-likeness (QED) is 0.895. The van der Waals surface area contributed by atoms with E-state index in [0.29, 0.717) is 18.4 Å². The summed E-state index contributed by atoms with van der Waals surface area (Å²) >= 11 is 0. The Morgan fingerprint density at radius 2 is 2.12 bits per heavy atom. The molecular formula is C16H18F2N4O2. The van der Waals surface area contributed by atoms with E-state index in [1.807, 2.05) is 0 Å². The number of halogens is 2. The van der Waals surface area contributed by atoms with Crippen molar-refractivity contribution in [1.82, 2.24) is 19.7 Å². The fourth-order valence-corrected chi connectivity index (χ4v) is 2.90. The SMILES string of the molecule is Cn1cnn(CCC(=O)NC2CC(c3ccc(F)cc3F)C2)c1=O. The highest BCUT2D eigenvalue weighted by molar-refractivity contribution is 5.76. The molecule has 0 radical (unpaired) electrons. The van der Waals surface area contributed by atoms with Gasteiger partial charge in [-0.15, -0.1) is 0 Å². The fraction of sp³-hybridized carbons (Fsp3) is 0.438. The maximum Gasteiger partial charge on any atom is 0.345 e. The van der Waals surface area contributed by atoms with E-state index < -0.39 is 11.6 Å². The number of aromatic nitrogens is 3. The zero-order valence-electron chi connectivity index (χ0n) is 13.2. The molecule has 0 aliphatic heterocycles. The molecule has 1 saturated carbocycles. The molecule has 1 heterocycles. The van der Waals surface area contributed by atoms with Crippen molar-refractivity contribution < 1.29 is 13.6 Å². The van der Waals surface area contributed by atoms with Gasteiger partial charge in [0.05, 0.1) is 6.54 Å². The number of rotatable bonds is 5.